The summed E-state index contributed by atoms with van der Waals surface area (Å²) < 4.78 is 0. The van der Waals surface area contributed by atoms with E-state index in [-0.39, 0.29) is 17.8 Å². The summed E-state index contributed by atoms with van der Waals surface area (Å²) in [5.74, 6) is -0.0443. The smallest absolute Gasteiger partial charge is 0.271 e. The van der Waals surface area contributed by atoms with Crippen LogP contribution in [-0.4, -0.2) is 33.9 Å². The Labute approximate surface area is 99.1 Å². The van der Waals surface area contributed by atoms with Crippen LogP contribution in [0.25, 0.3) is 0 Å². The van der Waals surface area contributed by atoms with Gasteiger partial charge in [-0.05, 0) is 18.4 Å². The fraction of sp³-hybridized carbons (Fsp3) is 0.545. The first-order valence-electron chi connectivity index (χ1n) is 5.51. The van der Waals surface area contributed by atoms with E-state index < -0.39 is 12.0 Å². The van der Waals surface area contributed by atoms with Gasteiger partial charge in [-0.3, -0.25) is 9.59 Å². The number of aromatic nitrogens is 2. The molecule has 1 atom stereocenters. The molecule has 1 amide bonds. The maximum Gasteiger partial charge on any atom is 0.271 e. The molecule has 1 aromatic rings. The topological polar surface area (TPSA) is 95.1 Å². The van der Waals surface area contributed by atoms with E-state index in [9.17, 15) is 14.7 Å². The summed E-state index contributed by atoms with van der Waals surface area (Å²) in [5.41, 5.74) is -0.234. The summed E-state index contributed by atoms with van der Waals surface area (Å²) in [7, 11) is 0. The summed E-state index contributed by atoms with van der Waals surface area (Å²) in [6, 6.07) is 2.56. The third-order valence-corrected chi connectivity index (χ3v) is 2.15. The van der Waals surface area contributed by atoms with E-state index >= 15 is 0 Å². The van der Waals surface area contributed by atoms with Crippen molar-refractivity contribution >= 4 is 5.91 Å². The molecule has 0 bridgehead atoms. The second kappa shape index (κ2) is 6.15. The van der Waals surface area contributed by atoms with Gasteiger partial charge in [0, 0.05) is 12.6 Å². The zero-order valence-corrected chi connectivity index (χ0v) is 9.93. The Balaban J connectivity index is 2.44. The molecule has 6 nitrogen and oxygen atoms in total. The Morgan fingerprint density at radius 3 is 2.76 bits per heavy atom. The van der Waals surface area contributed by atoms with Gasteiger partial charge in [-0.2, -0.15) is 5.10 Å². The third kappa shape index (κ3) is 4.78. The van der Waals surface area contributed by atoms with Crippen molar-refractivity contribution in [2.45, 2.75) is 26.4 Å². The van der Waals surface area contributed by atoms with E-state index in [0.29, 0.717) is 12.3 Å². The van der Waals surface area contributed by atoms with Crippen LogP contribution in [-0.2, 0) is 0 Å². The lowest BCUT2D eigenvalue weighted by Gasteiger charge is -2.13. The number of hydrogen-bond donors (Lipinski definition) is 3. The van der Waals surface area contributed by atoms with Crippen LogP contribution in [0.3, 0.4) is 0 Å². The first kappa shape index (κ1) is 13.4. The predicted octanol–water partition coefficient (Wildman–Crippen LogP) is -0.0933. The highest BCUT2D eigenvalue weighted by Crippen LogP contribution is 2.03. The molecule has 3 N–H and O–H groups in total. The highest BCUT2D eigenvalue weighted by atomic mass is 16.3. The molecule has 94 valence electrons. The largest absolute Gasteiger partial charge is 0.391 e. The highest BCUT2D eigenvalue weighted by molar-refractivity contribution is 5.91. The molecule has 0 aromatic carbocycles. The molecule has 0 fully saturated rings. The number of H-pyrrole nitrogens is 1. The standard InChI is InChI=1S/C11H17N3O3/c1-7(2)5-8(15)6-12-11(17)9-3-4-10(16)14-13-9/h3-4,7-8,15H,5-6H2,1-2H3,(H,12,17)(H,14,16). The first-order valence-corrected chi connectivity index (χ1v) is 5.51. The van der Waals surface area contributed by atoms with Gasteiger partial charge in [0.05, 0.1) is 6.10 Å². The molecule has 0 aliphatic rings. The van der Waals surface area contributed by atoms with Gasteiger partial charge in [0.1, 0.15) is 5.69 Å². The molecule has 6 heteroatoms. The van der Waals surface area contributed by atoms with Crippen molar-refractivity contribution in [3.8, 4) is 0 Å². The third-order valence-electron chi connectivity index (χ3n) is 2.15. The van der Waals surface area contributed by atoms with Gasteiger partial charge in [0.2, 0.25) is 0 Å². The number of aliphatic hydroxyl groups is 1. The minimum Gasteiger partial charge on any atom is -0.391 e. The summed E-state index contributed by atoms with van der Waals surface area (Å²) in [5, 5.41) is 17.9. The Hall–Kier alpha value is -1.69. The summed E-state index contributed by atoms with van der Waals surface area (Å²) >= 11 is 0. The van der Waals surface area contributed by atoms with Gasteiger partial charge in [-0.1, -0.05) is 13.8 Å². The molecule has 0 saturated carbocycles. The summed E-state index contributed by atoms with van der Waals surface area (Å²) in [4.78, 5) is 22.3. The predicted molar refractivity (Wildman–Crippen MR) is 62.7 cm³/mol. The van der Waals surface area contributed by atoms with Crippen LogP contribution >= 0.6 is 0 Å². The van der Waals surface area contributed by atoms with Crippen LogP contribution in [0.1, 0.15) is 30.8 Å². The number of nitrogens with zero attached hydrogens (tertiary/aromatic N) is 1. The quantitative estimate of drug-likeness (QED) is 0.669. The number of amides is 1. The molecular formula is C11H17N3O3. The van der Waals surface area contributed by atoms with Crippen molar-refractivity contribution < 1.29 is 9.90 Å². The van der Waals surface area contributed by atoms with Crippen molar-refractivity contribution in [2.24, 2.45) is 5.92 Å². The molecule has 17 heavy (non-hydrogen) atoms. The van der Waals surface area contributed by atoms with E-state index in [1.807, 2.05) is 13.8 Å². The van der Waals surface area contributed by atoms with Gasteiger partial charge in [-0.15, -0.1) is 0 Å². The van der Waals surface area contributed by atoms with Crippen LogP contribution < -0.4 is 10.9 Å². The van der Waals surface area contributed by atoms with Crippen molar-refractivity contribution in [2.75, 3.05) is 6.54 Å². The fourth-order valence-corrected chi connectivity index (χ4v) is 1.40. The Morgan fingerprint density at radius 1 is 1.53 bits per heavy atom. The lowest BCUT2D eigenvalue weighted by molar-refractivity contribution is 0.0894. The molecule has 0 spiro atoms. The van der Waals surface area contributed by atoms with Gasteiger partial charge in [0.15, 0.2) is 0 Å². The van der Waals surface area contributed by atoms with Gasteiger partial charge >= 0.3 is 0 Å². The van der Waals surface area contributed by atoms with E-state index in [2.05, 4.69) is 15.5 Å². The molecule has 1 unspecified atom stereocenters. The number of carbonyl (C=O) groups excluding carboxylic acids is 1. The maximum atomic E-state index is 11.5. The zero-order chi connectivity index (χ0) is 12.8. The second-order valence-electron chi connectivity index (χ2n) is 4.30. The molecule has 0 radical (unpaired) electrons. The highest BCUT2D eigenvalue weighted by Gasteiger charge is 2.11. The maximum absolute atomic E-state index is 11.5. The van der Waals surface area contributed by atoms with E-state index in [1.54, 1.807) is 0 Å². The summed E-state index contributed by atoms with van der Waals surface area (Å²) in [6.07, 6.45) is 0.0565. The normalized spacial score (nSPS) is 12.5. The average molecular weight is 239 g/mol. The van der Waals surface area contributed by atoms with Crippen molar-refractivity contribution in [3.05, 3.63) is 28.2 Å². The number of aromatic amines is 1. The van der Waals surface area contributed by atoms with Gasteiger partial charge in [-0.25, -0.2) is 5.10 Å². The fourth-order valence-electron chi connectivity index (χ4n) is 1.40. The van der Waals surface area contributed by atoms with Crippen LogP contribution in [0, 0.1) is 5.92 Å². The lowest BCUT2D eigenvalue weighted by atomic mass is 10.1. The number of hydrogen-bond acceptors (Lipinski definition) is 4. The molecule has 1 heterocycles. The minimum absolute atomic E-state index is 0.126. The first-order chi connectivity index (χ1) is 7.99. The number of rotatable bonds is 5. The van der Waals surface area contributed by atoms with Crippen molar-refractivity contribution in [3.63, 3.8) is 0 Å². The number of nitrogens with one attached hydrogen (secondary N) is 2. The Bertz CT molecular complexity index is 408. The van der Waals surface area contributed by atoms with Gasteiger partial charge < -0.3 is 10.4 Å². The minimum atomic E-state index is -0.568. The van der Waals surface area contributed by atoms with E-state index in [4.69, 9.17) is 0 Å². The number of carbonyl (C=O) groups is 1. The molecular weight excluding hydrogens is 222 g/mol. The lowest BCUT2D eigenvalue weighted by Crippen LogP contribution is -2.33. The van der Waals surface area contributed by atoms with E-state index in [1.165, 1.54) is 12.1 Å². The van der Waals surface area contributed by atoms with Crippen LogP contribution in [0.15, 0.2) is 16.9 Å². The second-order valence-corrected chi connectivity index (χ2v) is 4.30. The Kier molecular flexibility index (Phi) is 4.84. The van der Waals surface area contributed by atoms with Crippen LogP contribution in [0.4, 0.5) is 0 Å². The van der Waals surface area contributed by atoms with Crippen molar-refractivity contribution in [1.29, 1.82) is 0 Å². The molecule has 0 aliphatic heterocycles. The molecule has 1 aromatic heterocycles. The van der Waals surface area contributed by atoms with E-state index in [0.717, 1.165) is 0 Å². The van der Waals surface area contributed by atoms with Gasteiger partial charge in [0.25, 0.3) is 11.5 Å². The average Bonchev–Trinajstić information content (AvgIpc) is 2.26. The van der Waals surface area contributed by atoms with Crippen LogP contribution in [0.2, 0.25) is 0 Å². The zero-order valence-electron chi connectivity index (χ0n) is 9.93. The van der Waals surface area contributed by atoms with Crippen molar-refractivity contribution in [1.82, 2.24) is 15.5 Å². The Morgan fingerprint density at radius 2 is 2.24 bits per heavy atom. The monoisotopic (exact) mass is 239 g/mol. The molecule has 1 rings (SSSR count). The SMILES string of the molecule is CC(C)CC(O)CNC(=O)c1ccc(=O)[nH]n1. The summed E-state index contributed by atoms with van der Waals surface area (Å²) in [6.45, 7) is 4.17. The molecule has 0 aliphatic carbocycles. The molecule has 0 saturated heterocycles. The number of aliphatic hydroxyl groups excluding tert-OH is 1. The van der Waals surface area contributed by atoms with Crippen LogP contribution in [0.5, 0.6) is 0 Å².